The number of carbonyl (C=O) groups is 3. The van der Waals surface area contributed by atoms with Crippen LogP contribution in [0.25, 0.3) is 0 Å². The maximum Gasteiger partial charge on any atom is 0.306 e. The number of allylic oxidation sites excluding steroid dienone is 20. The summed E-state index contributed by atoms with van der Waals surface area (Å²) in [6.45, 7) is 6.39. The first-order valence-corrected chi connectivity index (χ1v) is 32.5. The molecule has 1 unspecified atom stereocenters. The number of hydrogen-bond donors (Lipinski definition) is 0. The third kappa shape index (κ3) is 62.7. The molecule has 0 spiro atoms. The quantitative estimate of drug-likeness (QED) is 0.0261. The maximum absolute atomic E-state index is 12.9. The number of ether oxygens (including phenoxy) is 3. The highest BCUT2D eigenvalue weighted by Crippen LogP contribution is 2.16. The van der Waals surface area contributed by atoms with E-state index >= 15 is 0 Å². The first-order valence-electron chi connectivity index (χ1n) is 32.5. The minimum atomic E-state index is -0.803. The van der Waals surface area contributed by atoms with Crippen molar-refractivity contribution in [2.24, 2.45) is 0 Å². The van der Waals surface area contributed by atoms with Crippen LogP contribution in [0.1, 0.15) is 297 Å². The minimum Gasteiger partial charge on any atom is -0.462 e. The van der Waals surface area contributed by atoms with Crippen LogP contribution in [0.4, 0.5) is 0 Å². The molecule has 1 atom stereocenters. The Morgan fingerprint density at radius 3 is 0.821 bits per heavy atom. The van der Waals surface area contributed by atoms with Crippen molar-refractivity contribution >= 4 is 17.9 Å². The average molecular weight is 1080 g/mol. The van der Waals surface area contributed by atoms with Crippen LogP contribution in [0.2, 0.25) is 0 Å². The molecule has 0 saturated carbocycles. The molecule has 0 saturated heterocycles. The van der Waals surface area contributed by atoms with Crippen molar-refractivity contribution in [1.29, 1.82) is 0 Å². The zero-order valence-corrected chi connectivity index (χ0v) is 50.9. The van der Waals surface area contributed by atoms with E-state index in [0.717, 1.165) is 116 Å². The summed E-state index contributed by atoms with van der Waals surface area (Å²) in [5.74, 6) is -0.940. The van der Waals surface area contributed by atoms with E-state index in [1.807, 2.05) is 0 Å². The second-order valence-electron chi connectivity index (χ2n) is 21.3. The molecule has 0 rings (SSSR count). The maximum atomic E-state index is 12.9. The molecule has 78 heavy (non-hydrogen) atoms. The van der Waals surface area contributed by atoms with E-state index in [0.29, 0.717) is 19.3 Å². The number of esters is 3. The smallest absolute Gasteiger partial charge is 0.306 e. The van der Waals surface area contributed by atoms with Gasteiger partial charge in [0.25, 0.3) is 0 Å². The van der Waals surface area contributed by atoms with Gasteiger partial charge in [0.05, 0.1) is 0 Å². The zero-order chi connectivity index (χ0) is 56.4. The van der Waals surface area contributed by atoms with Crippen molar-refractivity contribution < 1.29 is 28.6 Å². The summed E-state index contributed by atoms with van der Waals surface area (Å²) in [7, 11) is 0. The molecule has 0 aliphatic rings. The van der Waals surface area contributed by atoms with E-state index in [9.17, 15) is 14.4 Å². The van der Waals surface area contributed by atoms with Gasteiger partial charge in [0.15, 0.2) is 6.10 Å². The number of unbranched alkanes of at least 4 members (excludes halogenated alkanes) is 27. The lowest BCUT2D eigenvalue weighted by atomic mass is 10.0. The summed E-state index contributed by atoms with van der Waals surface area (Å²) in [4.78, 5) is 38.3. The normalized spacial score (nSPS) is 12.9. The summed E-state index contributed by atoms with van der Waals surface area (Å²) >= 11 is 0. The van der Waals surface area contributed by atoms with Crippen LogP contribution in [0.5, 0.6) is 0 Å². The van der Waals surface area contributed by atoms with Gasteiger partial charge in [-0.25, -0.2) is 0 Å². The molecule has 0 aromatic heterocycles. The molecule has 0 bridgehead atoms. The third-order valence-corrected chi connectivity index (χ3v) is 13.7. The van der Waals surface area contributed by atoms with Crippen LogP contribution in [0.3, 0.4) is 0 Å². The fourth-order valence-electron chi connectivity index (χ4n) is 8.87. The number of rotatable bonds is 58. The SMILES string of the molecule is CC/C=C\C/C=C\C/C=C\C/C=C\C/C=C\CCCCCCCCCCCCCC(=O)OCC(COC(=O)CCCC/C=C\C/C=C\C/C=C\C/C=C\CC)OC(=O)CCCCCCCCC/C=C\CCCCCCCCC. The van der Waals surface area contributed by atoms with E-state index in [1.54, 1.807) is 0 Å². The Labute approximate surface area is 482 Å². The number of carbonyl (C=O) groups excluding carboxylic acids is 3. The Morgan fingerprint density at radius 2 is 0.500 bits per heavy atom. The van der Waals surface area contributed by atoms with Gasteiger partial charge in [-0.1, -0.05) is 271 Å². The largest absolute Gasteiger partial charge is 0.462 e. The summed E-state index contributed by atoms with van der Waals surface area (Å²) in [5, 5.41) is 0. The fraction of sp³-hybridized carbons (Fsp3) is 0.681. The molecule has 0 heterocycles. The van der Waals surface area contributed by atoms with Crippen LogP contribution in [0.15, 0.2) is 122 Å². The van der Waals surface area contributed by atoms with Crippen molar-refractivity contribution in [1.82, 2.24) is 0 Å². The highest BCUT2D eigenvalue weighted by atomic mass is 16.6. The molecule has 0 aromatic carbocycles. The highest BCUT2D eigenvalue weighted by Gasteiger charge is 2.19. The van der Waals surface area contributed by atoms with E-state index in [1.165, 1.54) is 141 Å². The lowest BCUT2D eigenvalue weighted by Gasteiger charge is -2.18. The van der Waals surface area contributed by atoms with Crippen molar-refractivity contribution in [2.45, 2.75) is 303 Å². The first kappa shape index (κ1) is 73.8. The predicted octanol–water partition coefficient (Wildman–Crippen LogP) is 22.4. The molecule has 0 radical (unpaired) electrons. The molecule has 6 nitrogen and oxygen atoms in total. The molecule has 0 aromatic rings. The van der Waals surface area contributed by atoms with Gasteiger partial charge >= 0.3 is 17.9 Å². The Kier molecular flexibility index (Phi) is 61.8. The van der Waals surface area contributed by atoms with Gasteiger partial charge < -0.3 is 14.2 Å². The highest BCUT2D eigenvalue weighted by molar-refractivity contribution is 5.71. The Hall–Kier alpha value is -4.19. The van der Waals surface area contributed by atoms with Gasteiger partial charge in [-0.3, -0.25) is 14.4 Å². The van der Waals surface area contributed by atoms with Crippen molar-refractivity contribution in [3.63, 3.8) is 0 Å². The van der Waals surface area contributed by atoms with Crippen molar-refractivity contribution in [2.75, 3.05) is 13.2 Å². The summed E-state index contributed by atoms with van der Waals surface area (Å²) in [6.07, 6.45) is 90.7. The second kappa shape index (κ2) is 65.3. The monoisotopic (exact) mass is 1080 g/mol. The van der Waals surface area contributed by atoms with Crippen molar-refractivity contribution in [3.8, 4) is 0 Å². The van der Waals surface area contributed by atoms with Gasteiger partial charge in [-0.15, -0.1) is 0 Å². The molecule has 0 amide bonds. The Balaban J connectivity index is 4.37. The summed E-state index contributed by atoms with van der Waals surface area (Å²) in [5.41, 5.74) is 0. The fourth-order valence-corrected chi connectivity index (χ4v) is 8.87. The molecule has 0 N–H and O–H groups in total. The topological polar surface area (TPSA) is 78.9 Å². The Bertz CT molecular complexity index is 1620. The van der Waals surface area contributed by atoms with Crippen LogP contribution in [-0.2, 0) is 28.6 Å². The van der Waals surface area contributed by atoms with Crippen LogP contribution in [-0.4, -0.2) is 37.2 Å². The third-order valence-electron chi connectivity index (χ3n) is 13.7. The lowest BCUT2D eigenvalue weighted by Crippen LogP contribution is -2.30. The summed E-state index contributed by atoms with van der Waals surface area (Å²) < 4.78 is 16.9. The molecule has 444 valence electrons. The van der Waals surface area contributed by atoms with Gasteiger partial charge in [0.2, 0.25) is 0 Å². The lowest BCUT2D eigenvalue weighted by molar-refractivity contribution is -0.167. The second-order valence-corrected chi connectivity index (χ2v) is 21.3. The van der Waals surface area contributed by atoms with Crippen LogP contribution in [0, 0.1) is 0 Å². The molecular weight excluding hydrogens is 961 g/mol. The predicted molar refractivity (Wildman–Crippen MR) is 339 cm³/mol. The average Bonchev–Trinajstić information content (AvgIpc) is 3.44. The van der Waals surface area contributed by atoms with E-state index in [4.69, 9.17) is 14.2 Å². The molecule has 0 aliphatic heterocycles. The summed E-state index contributed by atoms with van der Waals surface area (Å²) in [6, 6.07) is 0. The van der Waals surface area contributed by atoms with Crippen LogP contribution < -0.4 is 0 Å². The molecule has 0 aliphatic carbocycles. The van der Waals surface area contributed by atoms with E-state index in [-0.39, 0.29) is 31.1 Å². The van der Waals surface area contributed by atoms with Gasteiger partial charge in [-0.2, -0.15) is 0 Å². The van der Waals surface area contributed by atoms with Gasteiger partial charge in [0.1, 0.15) is 13.2 Å². The standard InChI is InChI=1S/C72H120O6/c1-4-7-10-13-16-19-22-25-28-30-32-33-34-35-36-37-38-39-40-42-44-47-50-53-56-59-62-65-71(74)77-68-69(67-76-70(73)64-61-58-55-52-49-46-43-27-24-21-18-15-12-9-6-3)78-72(75)66-63-60-57-54-51-48-45-41-31-29-26-23-20-17-14-11-8-5-2/h7,9-10,12,16,18-19,21,25,27-29,31-33,35-36,43,49,52,69H,4-6,8,11,13-15,17,20,22-24,26,30,34,37-42,44-48,50-51,53-68H2,1-3H3/b10-7-,12-9-,19-16-,21-18-,28-25-,31-29-,33-32-,36-35-,43-27-,52-49-. The van der Waals surface area contributed by atoms with Crippen molar-refractivity contribution in [3.05, 3.63) is 122 Å². The van der Waals surface area contributed by atoms with Gasteiger partial charge in [0, 0.05) is 19.3 Å². The van der Waals surface area contributed by atoms with E-state index in [2.05, 4.69) is 142 Å². The molecular formula is C72H120O6. The first-order chi connectivity index (χ1) is 38.5. The van der Waals surface area contributed by atoms with E-state index < -0.39 is 6.10 Å². The molecule has 0 fully saturated rings. The minimum absolute atomic E-state index is 0.0959. The van der Waals surface area contributed by atoms with Crippen LogP contribution >= 0.6 is 0 Å². The van der Waals surface area contributed by atoms with Gasteiger partial charge in [-0.05, 0) is 128 Å². The Morgan fingerprint density at radius 1 is 0.269 bits per heavy atom. The zero-order valence-electron chi connectivity index (χ0n) is 50.9. The number of hydrogen-bond acceptors (Lipinski definition) is 6. The molecule has 6 heteroatoms.